The molecule has 1 heterocycles. The molecule has 1 aliphatic rings. The fourth-order valence-electron chi connectivity index (χ4n) is 1.96. The average Bonchev–Trinajstić information content (AvgIpc) is 2.98. The van der Waals surface area contributed by atoms with Gasteiger partial charge in [0.15, 0.2) is 5.78 Å². The monoisotopic (exact) mass is 315 g/mol. The number of hydrogen-bond donors (Lipinski definition) is 0. The molecule has 2 rings (SSSR count). The van der Waals surface area contributed by atoms with Crippen molar-refractivity contribution in [1.82, 2.24) is 4.90 Å². The first-order valence-electron chi connectivity index (χ1n) is 6.20. The molecule has 1 saturated carbocycles. The molecule has 0 spiro atoms. The van der Waals surface area contributed by atoms with Crippen LogP contribution in [-0.2, 0) is 0 Å². The Morgan fingerprint density at radius 1 is 1.53 bits per heavy atom. The smallest absolute Gasteiger partial charge is 0.186 e. The quantitative estimate of drug-likeness (QED) is 0.713. The van der Waals surface area contributed by atoms with E-state index in [4.69, 9.17) is 0 Å². The highest BCUT2D eigenvalue weighted by atomic mass is 79.9. The van der Waals surface area contributed by atoms with Crippen molar-refractivity contribution in [2.75, 3.05) is 19.6 Å². The lowest BCUT2D eigenvalue weighted by molar-refractivity contribution is 0.0931. The molecule has 1 aliphatic carbocycles. The maximum atomic E-state index is 12.1. The standard InChI is InChI=1S/C13H18BrNOS/c1-2-7-15(8-10-3-4-10)9-11(16)12-5-6-13(14)17-12/h5-6,10H,2-4,7-9H2,1H3. The van der Waals surface area contributed by atoms with Crippen molar-refractivity contribution in [2.24, 2.45) is 5.92 Å². The lowest BCUT2D eigenvalue weighted by atomic mass is 10.2. The van der Waals surface area contributed by atoms with Crippen LogP contribution in [0.4, 0.5) is 0 Å². The number of carbonyl (C=O) groups excluding carboxylic acids is 1. The van der Waals surface area contributed by atoms with Crippen LogP contribution in [0.5, 0.6) is 0 Å². The zero-order valence-corrected chi connectivity index (χ0v) is 12.5. The summed E-state index contributed by atoms with van der Waals surface area (Å²) in [5.74, 6) is 1.11. The minimum absolute atomic E-state index is 0.259. The number of carbonyl (C=O) groups is 1. The van der Waals surface area contributed by atoms with E-state index in [1.54, 1.807) is 0 Å². The first kappa shape index (κ1) is 13.2. The molecule has 2 nitrogen and oxygen atoms in total. The fraction of sp³-hybridized carbons (Fsp3) is 0.615. The van der Waals surface area contributed by atoms with Gasteiger partial charge in [-0.05, 0) is 59.8 Å². The fourth-order valence-corrected chi connectivity index (χ4v) is 3.28. The van der Waals surface area contributed by atoms with E-state index in [1.165, 1.54) is 24.2 Å². The molecule has 0 bridgehead atoms. The summed E-state index contributed by atoms with van der Waals surface area (Å²) in [5.41, 5.74) is 0. The largest absolute Gasteiger partial charge is 0.296 e. The molecular formula is C13H18BrNOS. The molecule has 0 aliphatic heterocycles. The third-order valence-corrected chi connectivity index (χ3v) is 4.63. The van der Waals surface area contributed by atoms with Crippen LogP contribution < -0.4 is 0 Å². The third kappa shape index (κ3) is 4.19. The van der Waals surface area contributed by atoms with Crippen LogP contribution in [0.2, 0.25) is 0 Å². The van der Waals surface area contributed by atoms with Gasteiger partial charge in [0.05, 0.1) is 15.2 Å². The molecule has 0 atom stereocenters. The zero-order chi connectivity index (χ0) is 12.3. The van der Waals surface area contributed by atoms with E-state index < -0.39 is 0 Å². The maximum Gasteiger partial charge on any atom is 0.186 e. The van der Waals surface area contributed by atoms with Gasteiger partial charge in [0, 0.05) is 6.54 Å². The molecule has 0 radical (unpaired) electrons. The number of ketones is 1. The average molecular weight is 316 g/mol. The predicted molar refractivity (Wildman–Crippen MR) is 75.8 cm³/mol. The molecule has 1 aromatic heterocycles. The molecular weight excluding hydrogens is 298 g/mol. The minimum atomic E-state index is 0.259. The zero-order valence-electron chi connectivity index (χ0n) is 10.1. The summed E-state index contributed by atoms with van der Waals surface area (Å²) in [6.45, 7) is 4.89. The molecule has 0 N–H and O–H groups in total. The normalized spacial score (nSPS) is 15.5. The highest BCUT2D eigenvalue weighted by molar-refractivity contribution is 9.11. The molecule has 0 aromatic carbocycles. The molecule has 4 heteroatoms. The van der Waals surface area contributed by atoms with Gasteiger partial charge < -0.3 is 0 Å². The molecule has 94 valence electrons. The molecule has 1 fully saturated rings. The van der Waals surface area contributed by atoms with E-state index in [0.29, 0.717) is 6.54 Å². The van der Waals surface area contributed by atoms with Crippen LogP contribution in [0, 0.1) is 5.92 Å². The minimum Gasteiger partial charge on any atom is -0.296 e. The van der Waals surface area contributed by atoms with Crippen LogP contribution in [0.1, 0.15) is 35.9 Å². The van der Waals surface area contributed by atoms with E-state index in [1.807, 2.05) is 12.1 Å². The first-order chi connectivity index (χ1) is 8.19. The number of thiophene rings is 1. The van der Waals surface area contributed by atoms with Gasteiger partial charge in [-0.1, -0.05) is 6.92 Å². The third-order valence-electron chi connectivity index (χ3n) is 2.97. The Bertz CT molecular complexity index is 387. The summed E-state index contributed by atoms with van der Waals surface area (Å²) >= 11 is 4.93. The number of hydrogen-bond acceptors (Lipinski definition) is 3. The van der Waals surface area contributed by atoms with Crippen LogP contribution in [0.3, 0.4) is 0 Å². The maximum absolute atomic E-state index is 12.1. The van der Waals surface area contributed by atoms with Crippen LogP contribution in [0.25, 0.3) is 0 Å². The van der Waals surface area contributed by atoms with E-state index >= 15 is 0 Å². The Labute approximate surface area is 115 Å². The van der Waals surface area contributed by atoms with Gasteiger partial charge in [-0.3, -0.25) is 9.69 Å². The Balaban J connectivity index is 1.89. The van der Waals surface area contributed by atoms with Crippen LogP contribution in [0.15, 0.2) is 15.9 Å². The molecule has 0 unspecified atom stereocenters. The first-order valence-corrected chi connectivity index (χ1v) is 7.81. The van der Waals surface area contributed by atoms with E-state index in [9.17, 15) is 4.79 Å². The molecule has 0 amide bonds. The highest BCUT2D eigenvalue weighted by Gasteiger charge is 2.25. The Morgan fingerprint density at radius 3 is 2.82 bits per heavy atom. The van der Waals surface area contributed by atoms with E-state index in [2.05, 4.69) is 27.8 Å². The van der Waals surface area contributed by atoms with Gasteiger partial charge in [0.25, 0.3) is 0 Å². The topological polar surface area (TPSA) is 20.3 Å². The summed E-state index contributed by atoms with van der Waals surface area (Å²) in [6.07, 6.45) is 3.81. The van der Waals surface area contributed by atoms with Gasteiger partial charge in [-0.25, -0.2) is 0 Å². The van der Waals surface area contributed by atoms with E-state index in [0.717, 1.165) is 34.1 Å². The van der Waals surface area contributed by atoms with Gasteiger partial charge in [0.2, 0.25) is 0 Å². The van der Waals surface area contributed by atoms with Crippen molar-refractivity contribution in [2.45, 2.75) is 26.2 Å². The summed E-state index contributed by atoms with van der Waals surface area (Å²) in [5, 5.41) is 0. The SMILES string of the molecule is CCCN(CC(=O)c1ccc(Br)s1)CC1CC1. The van der Waals surface area contributed by atoms with Crippen molar-refractivity contribution < 1.29 is 4.79 Å². The van der Waals surface area contributed by atoms with Gasteiger partial charge in [0.1, 0.15) is 0 Å². The summed E-state index contributed by atoms with van der Waals surface area (Å²) in [6, 6.07) is 3.86. The van der Waals surface area contributed by atoms with Gasteiger partial charge in [-0.15, -0.1) is 11.3 Å². The van der Waals surface area contributed by atoms with Crippen molar-refractivity contribution in [3.05, 3.63) is 20.8 Å². The van der Waals surface area contributed by atoms with Crippen molar-refractivity contribution in [1.29, 1.82) is 0 Å². The number of nitrogens with zero attached hydrogens (tertiary/aromatic N) is 1. The summed E-state index contributed by atoms with van der Waals surface area (Å²) in [7, 11) is 0. The second-order valence-corrected chi connectivity index (χ2v) is 7.17. The van der Waals surface area contributed by atoms with Gasteiger partial charge in [-0.2, -0.15) is 0 Å². The predicted octanol–water partition coefficient (Wildman–Crippen LogP) is 3.82. The summed E-state index contributed by atoms with van der Waals surface area (Å²) < 4.78 is 1.03. The highest BCUT2D eigenvalue weighted by Crippen LogP contribution is 2.30. The Kier molecular flexibility index (Phi) is 4.77. The second-order valence-electron chi connectivity index (χ2n) is 4.71. The number of Topliss-reactive ketones (excluding diaryl/α,β-unsaturated/α-hetero) is 1. The number of rotatable bonds is 7. The van der Waals surface area contributed by atoms with Crippen molar-refractivity contribution in [3.63, 3.8) is 0 Å². The molecule has 17 heavy (non-hydrogen) atoms. The van der Waals surface area contributed by atoms with Crippen molar-refractivity contribution in [3.8, 4) is 0 Å². The lowest BCUT2D eigenvalue weighted by Crippen LogP contribution is -2.32. The Hall–Kier alpha value is -0.190. The molecule has 0 saturated heterocycles. The Morgan fingerprint density at radius 2 is 2.29 bits per heavy atom. The van der Waals surface area contributed by atoms with Crippen molar-refractivity contribution >= 4 is 33.0 Å². The van der Waals surface area contributed by atoms with Gasteiger partial charge >= 0.3 is 0 Å². The summed E-state index contributed by atoms with van der Waals surface area (Å²) in [4.78, 5) is 15.3. The van der Waals surface area contributed by atoms with Crippen LogP contribution >= 0.6 is 27.3 Å². The number of halogens is 1. The lowest BCUT2D eigenvalue weighted by Gasteiger charge is -2.20. The van der Waals surface area contributed by atoms with Crippen LogP contribution in [-0.4, -0.2) is 30.3 Å². The van der Waals surface area contributed by atoms with E-state index in [-0.39, 0.29) is 5.78 Å². The molecule has 1 aromatic rings. The second kappa shape index (κ2) is 6.12.